The molecule has 0 atom stereocenters. The van der Waals surface area contributed by atoms with E-state index in [9.17, 15) is 18.7 Å². The smallest absolute Gasteiger partial charge is 0.335 e. The highest BCUT2D eigenvalue weighted by Gasteiger charge is 2.22. The quantitative estimate of drug-likeness (QED) is 0.425. The average Bonchev–Trinajstić information content (AvgIpc) is 3.23. The predicted octanol–water partition coefficient (Wildman–Crippen LogP) is 7.30. The molecule has 0 amide bonds. The van der Waals surface area contributed by atoms with Gasteiger partial charge >= 0.3 is 5.97 Å². The van der Waals surface area contributed by atoms with Crippen molar-refractivity contribution in [3.8, 4) is 5.75 Å². The topological polar surface area (TPSA) is 46.5 Å². The molecule has 4 rings (SSSR count). The van der Waals surface area contributed by atoms with Gasteiger partial charge in [-0.15, -0.1) is 0 Å². The zero-order valence-corrected chi connectivity index (χ0v) is 18.2. The molecule has 0 spiro atoms. The molecule has 3 aromatic rings. The Morgan fingerprint density at radius 2 is 1.81 bits per heavy atom. The van der Waals surface area contributed by atoms with Crippen molar-refractivity contribution in [1.82, 2.24) is 0 Å². The van der Waals surface area contributed by atoms with Gasteiger partial charge in [-0.3, -0.25) is 0 Å². The van der Waals surface area contributed by atoms with Crippen LogP contribution in [0.3, 0.4) is 0 Å². The largest absolute Gasteiger partial charge is 0.488 e. The molecule has 0 aliphatic heterocycles. The van der Waals surface area contributed by atoms with Crippen LogP contribution in [0.4, 0.5) is 8.78 Å². The summed E-state index contributed by atoms with van der Waals surface area (Å²) in [5, 5.41) is 10.0. The lowest BCUT2D eigenvalue weighted by atomic mass is 9.94. The van der Waals surface area contributed by atoms with Crippen LogP contribution in [0.25, 0.3) is 11.1 Å². The van der Waals surface area contributed by atoms with Gasteiger partial charge in [-0.2, -0.15) is 0 Å². The summed E-state index contributed by atoms with van der Waals surface area (Å²) in [5.74, 6) is -1.73. The number of carboxylic acid groups (broad SMARTS) is 1. The number of carbonyl (C=O) groups is 1. The SMILES string of the molecule is Cc1ccc(C2=C(c3cc(Cl)ccc3OCc3ccc(F)cc3F)CCC2)cc1C(=O)O. The third kappa shape index (κ3) is 4.53. The van der Waals surface area contributed by atoms with E-state index in [0.29, 0.717) is 16.3 Å². The van der Waals surface area contributed by atoms with Gasteiger partial charge in [0.15, 0.2) is 0 Å². The van der Waals surface area contributed by atoms with Gasteiger partial charge in [-0.25, -0.2) is 13.6 Å². The summed E-state index contributed by atoms with van der Waals surface area (Å²) in [6, 6.07) is 14.1. The van der Waals surface area contributed by atoms with Crippen LogP contribution in [0.2, 0.25) is 5.02 Å². The molecule has 0 saturated carbocycles. The van der Waals surface area contributed by atoms with Gasteiger partial charge in [-0.1, -0.05) is 23.7 Å². The van der Waals surface area contributed by atoms with Crippen LogP contribution < -0.4 is 4.74 Å². The summed E-state index contributed by atoms with van der Waals surface area (Å²) < 4.78 is 33.2. The summed E-state index contributed by atoms with van der Waals surface area (Å²) in [6.45, 7) is 1.71. The highest BCUT2D eigenvalue weighted by atomic mass is 35.5. The average molecular weight is 455 g/mol. The van der Waals surface area contributed by atoms with Crippen molar-refractivity contribution < 1.29 is 23.4 Å². The molecular formula is C26H21ClF2O3. The number of rotatable bonds is 6. The van der Waals surface area contributed by atoms with Crippen molar-refractivity contribution in [3.63, 3.8) is 0 Å². The molecule has 1 aliphatic rings. The number of hydrogen-bond acceptors (Lipinski definition) is 2. The Kier molecular flexibility index (Phi) is 6.28. The van der Waals surface area contributed by atoms with Crippen molar-refractivity contribution in [1.29, 1.82) is 0 Å². The highest BCUT2D eigenvalue weighted by Crippen LogP contribution is 2.44. The number of hydrogen-bond donors (Lipinski definition) is 1. The standard InChI is InChI=1S/C26H21ClF2O3/c1-15-5-6-16(11-22(15)26(30)31)20-3-2-4-21(20)23-12-18(27)8-10-25(23)32-14-17-7-9-19(28)13-24(17)29/h5-13H,2-4,14H2,1H3,(H,30,31). The summed E-state index contributed by atoms with van der Waals surface area (Å²) in [6.07, 6.45) is 2.50. The number of ether oxygens (including phenoxy) is 1. The normalized spacial score (nSPS) is 13.5. The molecule has 0 unspecified atom stereocenters. The minimum absolute atomic E-state index is 0.0585. The first-order valence-electron chi connectivity index (χ1n) is 10.3. The van der Waals surface area contributed by atoms with E-state index in [4.69, 9.17) is 16.3 Å². The van der Waals surface area contributed by atoms with Gasteiger partial charge in [0.25, 0.3) is 0 Å². The molecule has 0 bridgehead atoms. The van der Waals surface area contributed by atoms with Gasteiger partial charge in [0, 0.05) is 22.2 Å². The maximum Gasteiger partial charge on any atom is 0.335 e. The van der Waals surface area contributed by atoms with Gasteiger partial charge in [-0.05, 0) is 84.9 Å². The minimum Gasteiger partial charge on any atom is -0.488 e. The van der Waals surface area contributed by atoms with E-state index in [-0.39, 0.29) is 17.7 Å². The van der Waals surface area contributed by atoms with Crippen molar-refractivity contribution >= 4 is 28.7 Å². The number of allylic oxidation sites excluding steroid dienone is 2. The van der Waals surface area contributed by atoms with E-state index in [1.165, 1.54) is 12.1 Å². The maximum atomic E-state index is 14.0. The molecule has 164 valence electrons. The molecule has 0 radical (unpaired) electrons. The zero-order valence-electron chi connectivity index (χ0n) is 17.4. The summed E-state index contributed by atoms with van der Waals surface area (Å²) in [7, 11) is 0. The van der Waals surface area contributed by atoms with Crippen LogP contribution in [0, 0.1) is 18.6 Å². The van der Waals surface area contributed by atoms with Gasteiger partial charge < -0.3 is 9.84 Å². The first kappa shape index (κ1) is 22.0. The number of benzene rings is 3. The molecule has 32 heavy (non-hydrogen) atoms. The molecule has 0 fully saturated rings. The van der Waals surface area contributed by atoms with E-state index in [2.05, 4.69) is 0 Å². The Balaban J connectivity index is 1.73. The zero-order chi connectivity index (χ0) is 22.8. The van der Waals surface area contributed by atoms with Crippen molar-refractivity contribution in [2.75, 3.05) is 0 Å². The van der Waals surface area contributed by atoms with Crippen molar-refractivity contribution in [2.45, 2.75) is 32.8 Å². The monoisotopic (exact) mass is 454 g/mol. The van der Waals surface area contributed by atoms with Crippen molar-refractivity contribution in [3.05, 3.63) is 99.1 Å². The first-order chi connectivity index (χ1) is 15.3. The van der Waals surface area contributed by atoms with E-state index in [0.717, 1.165) is 47.6 Å². The molecular weight excluding hydrogens is 434 g/mol. The summed E-state index contributed by atoms with van der Waals surface area (Å²) in [5.41, 5.74) is 4.96. The molecule has 3 nitrogen and oxygen atoms in total. The fraction of sp³-hybridized carbons (Fsp3) is 0.192. The van der Waals surface area contributed by atoms with E-state index in [1.54, 1.807) is 25.1 Å². The fourth-order valence-corrected chi connectivity index (χ4v) is 4.23. The number of halogens is 3. The van der Waals surface area contributed by atoms with Crippen LogP contribution in [0.1, 0.15) is 51.9 Å². The molecule has 6 heteroatoms. The second kappa shape index (κ2) is 9.13. The second-order valence-corrected chi connectivity index (χ2v) is 8.25. The van der Waals surface area contributed by atoms with E-state index in [1.807, 2.05) is 18.2 Å². The molecule has 1 N–H and O–H groups in total. The lowest BCUT2D eigenvalue weighted by molar-refractivity contribution is 0.0696. The van der Waals surface area contributed by atoms with Crippen molar-refractivity contribution in [2.24, 2.45) is 0 Å². The molecule has 0 heterocycles. The van der Waals surface area contributed by atoms with Gasteiger partial charge in [0.2, 0.25) is 0 Å². The Morgan fingerprint density at radius 3 is 2.56 bits per heavy atom. The number of carboxylic acids is 1. The summed E-state index contributed by atoms with van der Waals surface area (Å²) in [4.78, 5) is 11.6. The second-order valence-electron chi connectivity index (χ2n) is 7.81. The molecule has 1 aliphatic carbocycles. The third-order valence-corrected chi connectivity index (χ3v) is 5.93. The third-order valence-electron chi connectivity index (χ3n) is 5.70. The van der Waals surface area contributed by atoms with Gasteiger partial charge in [0.1, 0.15) is 24.0 Å². The molecule has 0 aromatic heterocycles. The predicted molar refractivity (Wildman–Crippen MR) is 121 cm³/mol. The van der Waals surface area contributed by atoms with Crippen LogP contribution in [0.15, 0.2) is 54.6 Å². The fourth-order valence-electron chi connectivity index (χ4n) is 4.06. The number of aryl methyl sites for hydroxylation is 1. The van der Waals surface area contributed by atoms with E-state index < -0.39 is 17.6 Å². The van der Waals surface area contributed by atoms with Crippen LogP contribution in [-0.4, -0.2) is 11.1 Å². The highest BCUT2D eigenvalue weighted by molar-refractivity contribution is 6.30. The molecule has 3 aromatic carbocycles. The Hall–Kier alpha value is -3.18. The van der Waals surface area contributed by atoms with E-state index >= 15 is 0 Å². The Bertz CT molecular complexity index is 1230. The van der Waals surface area contributed by atoms with Crippen LogP contribution >= 0.6 is 11.6 Å². The Labute approximate surface area is 189 Å². The summed E-state index contributed by atoms with van der Waals surface area (Å²) >= 11 is 6.28. The number of aromatic carboxylic acids is 1. The lowest BCUT2D eigenvalue weighted by Crippen LogP contribution is -2.02. The minimum atomic E-state index is -0.961. The Morgan fingerprint density at radius 1 is 1.03 bits per heavy atom. The first-order valence-corrected chi connectivity index (χ1v) is 10.6. The maximum absolute atomic E-state index is 14.0. The lowest BCUT2D eigenvalue weighted by Gasteiger charge is -2.16. The van der Waals surface area contributed by atoms with Crippen LogP contribution in [-0.2, 0) is 6.61 Å². The molecule has 0 saturated heterocycles. The van der Waals surface area contributed by atoms with Crippen LogP contribution in [0.5, 0.6) is 5.75 Å². The van der Waals surface area contributed by atoms with Gasteiger partial charge in [0.05, 0.1) is 5.56 Å².